The summed E-state index contributed by atoms with van der Waals surface area (Å²) in [7, 11) is -4.04. The maximum atomic E-state index is 14.2. The molecule has 4 rings (SSSR count). The van der Waals surface area contributed by atoms with Crippen molar-refractivity contribution in [3.8, 4) is 0 Å². The minimum Gasteiger partial charge on any atom is -0.370 e. The van der Waals surface area contributed by atoms with Crippen molar-refractivity contribution in [2.24, 2.45) is 5.92 Å². The van der Waals surface area contributed by atoms with E-state index in [0.29, 0.717) is 31.0 Å². The number of amides is 1. The number of aryl methyl sites for hydroxylation is 1. The Bertz CT molecular complexity index is 1110. The summed E-state index contributed by atoms with van der Waals surface area (Å²) in [5.41, 5.74) is 0.280. The average molecular weight is 522 g/mol. The first-order valence-electron chi connectivity index (χ1n) is 12.8. The normalized spacial score (nSPS) is 27.2. The number of nitrogens with zero attached hydrogens (tertiary/aromatic N) is 2. The molecule has 2 atom stereocenters. The first-order valence-corrected chi connectivity index (χ1v) is 14.3. The molecule has 36 heavy (non-hydrogen) atoms. The van der Waals surface area contributed by atoms with Gasteiger partial charge in [0, 0.05) is 38.5 Å². The van der Waals surface area contributed by atoms with E-state index in [-0.39, 0.29) is 49.6 Å². The van der Waals surface area contributed by atoms with Crippen molar-refractivity contribution in [1.29, 1.82) is 0 Å². The molecule has 3 fully saturated rings. The summed E-state index contributed by atoms with van der Waals surface area (Å²) in [5, 5.41) is 2.92. The molecular formula is C27H37F2N3O3S. The molecule has 2 saturated heterocycles. The van der Waals surface area contributed by atoms with Gasteiger partial charge in [0.1, 0.15) is 10.4 Å². The monoisotopic (exact) mass is 521 g/mol. The number of anilines is 1. The number of alkyl halides is 2. The van der Waals surface area contributed by atoms with Crippen molar-refractivity contribution in [2.45, 2.75) is 80.7 Å². The molecule has 3 aliphatic rings. The molecule has 0 bridgehead atoms. The highest BCUT2D eigenvalue weighted by atomic mass is 32.2. The molecule has 0 radical (unpaired) electrons. The molecule has 1 saturated carbocycles. The molecule has 1 aliphatic carbocycles. The molecule has 1 unspecified atom stereocenters. The number of halogens is 2. The van der Waals surface area contributed by atoms with Crippen molar-refractivity contribution < 1.29 is 22.0 Å². The van der Waals surface area contributed by atoms with Crippen LogP contribution in [-0.4, -0.2) is 55.8 Å². The van der Waals surface area contributed by atoms with Crippen LogP contribution in [0.15, 0.2) is 48.4 Å². The maximum Gasteiger partial charge on any atom is 0.248 e. The zero-order valence-corrected chi connectivity index (χ0v) is 21.8. The van der Waals surface area contributed by atoms with E-state index in [1.165, 1.54) is 4.31 Å². The Balaban J connectivity index is 1.66. The van der Waals surface area contributed by atoms with Crippen molar-refractivity contribution in [1.82, 2.24) is 9.62 Å². The average Bonchev–Trinajstić information content (AvgIpc) is 3.49. The molecule has 198 valence electrons. The number of hydrogen-bond acceptors (Lipinski definition) is 4. The van der Waals surface area contributed by atoms with Gasteiger partial charge in [0.25, 0.3) is 0 Å². The van der Waals surface area contributed by atoms with Gasteiger partial charge in [0.2, 0.25) is 21.9 Å². The third-order valence-electron chi connectivity index (χ3n) is 7.97. The Morgan fingerprint density at radius 1 is 1.17 bits per heavy atom. The Morgan fingerprint density at radius 2 is 1.89 bits per heavy atom. The van der Waals surface area contributed by atoms with Crippen molar-refractivity contribution >= 4 is 21.6 Å². The first kappa shape index (κ1) is 26.8. The van der Waals surface area contributed by atoms with Gasteiger partial charge in [-0.25, -0.2) is 17.2 Å². The summed E-state index contributed by atoms with van der Waals surface area (Å²) >= 11 is 0. The topological polar surface area (TPSA) is 69.7 Å². The van der Waals surface area contributed by atoms with E-state index in [4.69, 9.17) is 0 Å². The van der Waals surface area contributed by atoms with Crippen molar-refractivity contribution in [2.75, 3.05) is 24.5 Å². The number of benzene rings is 1. The van der Waals surface area contributed by atoms with Crippen LogP contribution in [0.3, 0.4) is 0 Å². The van der Waals surface area contributed by atoms with Crippen LogP contribution in [0.25, 0.3) is 0 Å². The Kier molecular flexibility index (Phi) is 7.62. The number of rotatable bonds is 8. The largest absolute Gasteiger partial charge is 0.370 e. The van der Waals surface area contributed by atoms with E-state index in [1.807, 2.05) is 19.1 Å². The highest BCUT2D eigenvalue weighted by Gasteiger charge is 2.53. The number of hydrogen-bond donors (Lipinski definition) is 1. The second-order valence-corrected chi connectivity index (χ2v) is 12.3. The van der Waals surface area contributed by atoms with Gasteiger partial charge in [-0.05, 0) is 69.1 Å². The molecule has 0 aromatic heterocycles. The fraction of sp³-hybridized carbons (Fsp3) is 0.593. The lowest BCUT2D eigenvalue weighted by Crippen LogP contribution is -2.59. The Morgan fingerprint density at radius 3 is 2.53 bits per heavy atom. The van der Waals surface area contributed by atoms with Gasteiger partial charge >= 0.3 is 0 Å². The third-order valence-corrected chi connectivity index (χ3v) is 9.98. The molecule has 6 nitrogen and oxygen atoms in total. The molecular weight excluding hydrogens is 484 g/mol. The van der Waals surface area contributed by atoms with Crippen LogP contribution in [-0.2, 0) is 14.8 Å². The first-order chi connectivity index (χ1) is 17.0. The summed E-state index contributed by atoms with van der Waals surface area (Å²) in [4.78, 5) is 16.0. The SMILES string of the molecule is C=CCC1(C(=O)NC2CCC(F)(F)CC2)CCCN1S(=O)(=O)c1ccc(C)cc1N1CC[C@H](C=C)C1. The molecule has 2 aliphatic heterocycles. The van der Waals surface area contributed by atoms with Crippen LogP contribution < -0.4 is 10.2 Å². The summed E-state index contributed by atoms with van der Waals surface area (Å²) in [6.45, 7) is 11.3. The lowest BCUT2D eigenvalue weighted by Gasteiger charge is -2.38. The van der Waals surface area contributed by atoms with Gasteiger partial charge in [-0.2, -0.15) is 4.31 Å². The predicted molar refractivity (Wildman–Crippen MR) is 138 cm³/mol. The van der Waals surface area contributed by atoms with Crippen LogP contribution in [0, 0.1) is 12.8 Å². The van der Waals surface area contributed by atoms with E-state index < -0.39 is 27.4 Å². The summed E-state index contributed by atoms with van der Waals surface area (Å²) < 4.78 is 57.0. The lowest BCUT2D eigenvalue weighted by molar-refractivity contribution is -0.131. The van der Waals surface area contributed by atoms with Crippen LogP contribution in [0.5, 0.6) is 0 Å². The highest BCUT2D eigenvalue weighted by molar-refractivity contribution is 7.89. The van der Waals surface area contributed by atoms with Gasteiger partial charge < -0.3 is 10.2 Å². The van der Waals surface area contributed by atoms with E-state index >= 15 is 0 Å². The van der Waals surface area contributed by atoms with Crippen LogP contribution in [0.2, 0.25) is 0 Å². The highest BCUT2D eigenvalue weighted by Crippen LogP contribution is 2.42. The van der Waals surface area contributed by atoms with E-state index in [2.05, 4.69) is 23.4 Å². The van der Waals surface area contributed by atoms with Gasteiger partial charge in [0.15, 0.2) is 0 Å². The number of nitrogens with one attached hydrogen (secondary N) is 1. The second kappa shape index (κ2) is 10.2. The zero-order chi connectivity index (χ0) is 26.1. The second-order valence-electron chi connectivity index (χ2n) is 10.5. The Labute approximate surface area is 213 Å². The minimum atomic E-state index is -4.04. The summed E-state index contributed by atoms with van der Waals surface area (Å²) in [6.07, 6.45) is 5.25. The number of sulfonamides is 1. The van der Waals surface area contributed by atoms with E-state index in [9.17, 15) is 22.0 Å². The van der Waals surface area contributed by atoms with Gasteiger partial charge in [-0.1, -0.05) is 18.2 Å². The Hall–Kier alpha value is -2.26. The smallest absolute Gasteiger partial charge is 0.248 e. The number of carbonyl (C=O) groups excluding carboxylic acids is 1. The zero-order valence-electron chi connectivity index (χ0n) is 21.0. The molecule has 1 amide bonds. The molecule has 1 aromatic carbocycles. The summed E-state index contributed by atoms with van der Waals surface area (Å²) in [6, 6.07) is 4.93. The fourth-order valence-electron chi connectivity index (χ4n) is 5.88. The van der Waals surface area contributed by atoms with Crippen molar-refractivity contribution in [3.05, 3.63) is 49.1 Å². The van der Waals surface area contributed by atoms with Crippen LogP contribution in [0.1, 0.15) is 56.9 Å². The van der Waals surface area contributed by atoms with Gasteiger partial charge in [-0.3, -0.25) is 4.79 Å². The predicted octanol–water partition coefficient (Wildman–Crippen LogP) is 4.80. The van der Waals surface area contributed by atoms with Crippen molar-refractivity contribution in [3.63, 3.8) is 0 Å². The molecule has 0 spiro atoms. The molecule has 9 heteroatoms. The molecule has 2 heterocycles. The molecule has 1 N–H and O–H groups in total. The standard InChI is InChI=1S/C27H37F2N3O3S/c1-4-12-26(25(33)30-22-9-14-27(28,29)15-10-22)13-6-16-32(26)36(34,35)24-8-7-20(3)18-23(24)31-17-11-21(5-2)19-31/h4-5,7-8,18,21-22H,1-2,6,9-17,19H2,3H3,(H,30,33)/t21-,26?/m0/s1. The van der Waals surface area contributed by atoms with Crippen LogP contribution in [0.4, 0.5) is 14.5 Å². The lowest BCUT2D eigenvalue weighted by atomic mass is 9.88. The van der Waals surface area contributed by atoms with Gasteiger partial charge in [0.05, 0.1) is 5.69 Å². The van der Waals surface area contributed by atoms with Gasteiger partial charge in [-0.15, -0.1) is 13.2 Å². The minimum absolute atomic E-state index is 0.157. The van der Waals surface area contributed by atoms with Crippen LogP contribution >= 0.6 is 0 Å². The number of carbonyl (C=O) groups is 1. The quantitative estimate of drug-likeness (QED) is 0.499. The third kappa shape index (κ3) is 5.09. The summed E-state index contributed by atoms with van der Waals surface area (Å²) in [5.74, 6) is -2.83. The van der Waals surface area contributed by atoms with E-state index in [1.54, 1.807) is 18.2 Å². The fourth-order valence-corrected chi connectivity index (χ4v) is 7.89. The molecule has 1 aromatic rings. The van der Waals surface area contributed by atoms with E-state index in [0.717, 1.165) is 18.5 Å². The maximum absolute atomic E-state index is 14.2.